The van der Waals surface area contributed by atoms with E-state index in [0.717, 1.165) is 43.5 Å². The van der Waals surface area contributed by atoms with Gasteiger partial charge in [-0.1, -0.05) is 49.4 Å². The molecule has 4 aromatic rings. The van der Waals surface area contributed by atoms with Crippen LogP contribution in [0.4, 0.5) is 5.69 Å². The largest absolute Gasteiger partial charge is 0.326 e. The molecule has 0 aliphatic rings. The SMILES string of the molecule is CCC(C(=O)Nc1cccc(-c2cn3cc(Br)cc(Br)c3n2)c1)c1ccccc1. The van der Waals surface area contributed by atoms with E-state index in [4.69, 9.17) is 4.98 Å². The summed E-state index contributed by atoms with van der Waals surface area (Å²) < 4.78 is 3.85. The summed E-state index contributed by atoms with van der Waals surface area (Å²) in [5.41, 5.74) is 4.42. The van der Waals surface area contributed by atoms with Crippen molar-refractivity contribution in [2.75, 3.05) is 5.32 Å². The van der Waals surface area contributed by atoms with Gasteiger partial charge in [-0.25, -0.2) is 4.98 Å². The molecule has 2 aromatic heterocycles. The number of anilines is 1. The zero-order valence-electron chi connectivity index (χ0n) is 15.8. The first-order valence-electron chi connectivity index (χ1n) is 9.35. The summed E-state index contributed by atoms with van der Waals surface area (Å²) in [4.78, 5) is 17.6. The van der Waals surface area contributed by atoms with Crippen molar-refractivity contribution in [3.8, 4) is 11.3 Å². The number of rotatable bonds is 5. The minimum absolute atomic E-state index is 0.00229. The van der Waals surface area contributed by atoms with Crippen molar-refractivity contribution in [3.05, 3.63) is 87.6 Å². The van der Waals surface area contributed by atoms with E-state index in [-0.39, 0.29) is 11.8 Å². The number of benzene rings is 2. The van der Waals surface area contributed by atoms with Gasteiger partial charge in [-0.2, -0.15) is 0 Å². The summed E-state index contributed by atoms with van der Waals surface area (Å²) in [6.45, 7) is 2.03. The number of carbonyl (C=O) groups excluding carboxylic acids is 1. The topological polar surface area (TPSA) is 46.4 Å². The number of fused-ring (bicyclic) bond motifs is 1. The number of amides is 1. The van der Waals surface area contributed by atoms with Gasteiger partial charge in [0.25, 0.3) is 0 Å². The fourth-order valence-corrected chi connectivity index (χ4v) is 4.70. The van der Waals surface area contributed by atoms with Crippen molar-refractivity contribution in [1.29, 1.82) is 0 Å². The second-order valence-electron chi connectivity index (χ2n) is 6.80. The van der Waals surface area contributed by atoms with Crippen LogP contribution in [-0.4, -0.2) is 15.3 Å². The standard InChI is InChI=1S/C23H19Br2N3O/c1-2-19(15-7-4-3-5-8-15)23(29)26-18-10-6-9-16(11-18)21-14-28-13-17(24)12-20(25)22(28)27-21/h3-14,19H,2H2,1H3,(H,26,29). The van der Waals surface area contributed by atoms with Crippen molar-refractivity contribution in [3.63, 3.8) is 0 Å². The van der Waals surface area contributed by atoms with Crippen LogP contribution in [-0.2, 0) is 4.79 Å². The van der Waals surface area contributed by atoms with Crippen molar-refractivity contribution in [1.82, 2.24) is 9.38 Å². The van der Waals surface area contributed by atoms with Gasteiger partial charge in [0.15, 0.2) is 5.65 Å². The Hall–Kier alpha value is -2.44. The van der Waals surface area contributed by atoms with Crippen molar-refractivity contribution >= 4 is 49.1 Å². The van der Waals surface area contributed by atoms with Gasteiger partial charge in [-0.05, 0) is 62.0 Å². The lowest BCUT2D eigenvalue weighted by molar-refractivity contribution is -0.117. The van der Waals surface area contributed by atoms with E-state index in [1.807, 2.05) is 84.4 Å². The van der Waals surface area contributed by atoms with Crippen LogP contribution in [0, 0.1) is 0 Å². The third kappa shape index (κ3) is 4.28. The number of hydrogen-bond acceptors (Lipinski definition) is 2. The quantitative estimate of drug-likeness (QED) is 0.325. The number of hydrogen-bond donors (Lipinski definition) is 1. The number of halogens is 2. The summed E-state index contributed by atoms with van der Waals surface area (Å²) >= 11 is 7.06. The number of pyridine rings is 1. The van der Waals surface area contributed by atoms with E-state index >= 15 is 0 Å². The first-order valence-corrected chi connectivity index (χ1v) is 10.9. The predicted octanol–water partition coefficient (Wildman–Crippen LogP) is 6.66. The molecule has 0 bridgehead atoms. The molecule has 1 amide bonds. The fourth-order valence-electron chi connectivity index (χ4n) is 3.41. The maximum absolute atomic E-state index is 12.9. The van der Waals surface area contributed by atoms with Crippen LogP contribution in [0.3, 0.4) is 0 Å². The summed E-state index contributed by atoms with van der Waals surface area (Å²) in [6.07, 6.45) is 4.68. The molecule has 1 atom stereocenters. The molecule has 0 spiro atoms. The number of aromatic nitrogens is 2. The maximum Gasteiger partial charge on any atom is 0.231 e. The Balaban J connectivity index is 1.61. The Morgan fingerprint density at radius 1 is 1.07 bits per heavy atom. The average molecular weight is 513 g/mol. The highest BCUT2D eigenvalue weighted by molar-refractivity contribution is 9.11. The number of nitrogens with zero attached hydrogens (tertiary/aromatic N) is 2. The molecule has 0 aliphatic carbocycles. The molecule has 1 N–H and O–H groups in total. The monoisotopic (exact) mass is 511 g/mol. The minimum Gasteiger partial charge on any atom is -0.326 e. The number of carbonyl (C=O) groups is 1. The Bertz CT molecular complexity index is 1170. The van der Waals surface area contributed by atoms with Crippen LogP contribution in [0.15, 0.2) is 82.0 Å². The average Bonchev–Trinajstić information content (AvgIpc) is 3.14. The highest BCUT2D eigenvalue weighted by Crippen LogP contribution is 2.28. The molecule has 0 radical (unpaired) electrons. The summed E-state index contributed by atoms with van der Waals surface area (Å²) in [7, 11) is 0. The zero-order chi connectivity index (χ0) is 20.4. The molecule has 4 nitrogen and oxygen atoms in total. The zero-order valence-corrected chi connectivity index (χ0v) is 18.9. The second-order valence-corrected chi connectivity index (χ2v) is 8.57. The van der Waals surface area contributed by atoms with Crippen LogP contribution in [0.25, 0.3) is 16.9 Å². The van der Waals surface area contributed by atoms with E-state index in [1.165, 1.54) is 0 Å². The van der Waals surface area contributed by atoms with Gasteiger partial charge in [0.2, 0.25) is 5.91 Å². The molecule has 6 heteroatoms. The smallest absolute Gasteiger partial charge is 0.231 e. The van der Waals surface area contributed by atoms with Gasteiger partial charge in [0.05, 0.1) is 16.1 Å². The van der Waals surface area contributed by atoms with E-state index in [1.54, 1.807) is 0 Å². The molecule has 0 saturated carbocycles. The molecule has 0 saturated heterocycles. The fraction of sp³-hybridized carbons (Fsp3) is 0.130. The number of imidazole rings is 1. The van der Waals surface area contributed by atoms with E-state index in [9.17, 15) is 4.79 Å². The molecule has 4 rings (SSSR count). The van der Waals surface area contributed by atoms with E-state index < -0.39 is 0 Å². The Kier molecular flexibility index (Phi) is 5.83. The van der Waals surface area contributed by atoms with Crippen molar-refractivity contribution < 1.29 is 4.79 Å². The van der Waals surface area contributed by atoms with E-state index in [0.29, 0.717) is 0 Å². The van der Waals surface area contributed by atoms with Crippen LogP contribution < -0.4 is 5.32 Å². The molecule has 0 fully saturated rings. The van der Waals surface area contributed by atoms with Crippen molar-refractivity contribution in [2.45, 2.75) is 19.3 Å². The minimum atomic E-state index is -0.177. The Labute approximate surface area is 186 Å². The summed E-state index contributed by atoms with van der Waals surface area (Å²) in [6, 6.07) is 19.6. The lowest BCUT2D eigenvalue weighted by Gasteiger charge is -2.15. The van der Waals surface area contributed by atoms with Crippen molar-refractivity contribution in [2.24, 2.45) is 0 Å². The molecule has 1 unspecified atom stereocenters. The Morgan fingerprint density at radius 3 is 2.62 bits per heavy atom. The molecule has 0 aliphatic heterocycles. The number of nitrogens with one attached hydrogen (secondary N) is 1. The Morgan fingerprint density at radius 2 is 1.86 bits per heavy atom. The van der Waals surface area contributed by atoms with Gasteiger partial charge in [-0.15, -0.1) is 0 Å². The third-order valence-electron chi connectivity index (χ3n) is 4.83. The molecule has 2 aromatic carbocycles. The highest BCUT2D eigenvalue weighted by Gasteiger charge is 2.18. The summed E-state index contributed by atoms with van der Waals surface area (Å²) in [5, 5.41) is 3.07. The van der Waals surface area contributed by atoms with Gasteiger partial charge in [0, 0.05) is 28.1 Å². The molecular weight excluding hydrogens is 494 g/mol. The van der Waals surface area contributed by atoms with Crippen LogP contribution in [0.5, 0.6) is 0 Å². The van der Waals surface area contributed by atoms with Crippen LogP contribution in [0.1, 0.15) is 24.8 Å². The lowest BCUT2D eigenvalue weighted by Crippen LogP contribution is -2.20. The molecule has 2 heterocycles. The van der Waals surface area contributed by atoms with Gasteiger partial charge < -0.3 is 9.72 Å². The van der Waals surface area contributed by atoms with E-state index in [2.05, 4.69) is 37.2 Å². The van der Waals surface area contributed by atoms with Gasteiger partial charge >= 0.3 is 0 Å². The van der Waals surface area contributed by atoms with Gasteiger partial charge in [0.1, 0.15) is 0 Å². The van der Waals surface area contributed by atoms with Crippen LogP contribution >= 0.6 is 31.9 Å². The normalized spacial score (nSPS) is 12.1. The molecule has 146 valence electrons. The third-order valence-corrected chi connectivity index (χ3v) is 5.84. The van der Waals surface area contributed by atoms with Gasteiger partial charge in [-0.3, -0.25) is 4.79 Å². The first kappa shape index (κ1) is 19.9. The predicted molar refractivity (Wildman–Crippen MR) is 124 cm³/mol. The molecule has 29 heavy (non-hydrogen) atoms. The van der Waals surface area contributed by atoms with Crippen LogP contribution in [0.2, 0.25) is 0 Å². The first-order chi connectivity index (χ1) is 14.0. The second kappa shape index (κ2) is 8.51. The maximum atomic E-state index is 12.9. The highest BCUT2D eigenvalue weighted by atomic mass is 79.9. The molecular formula is C23H19Br2N3O. The summed E-state index contributed by atoms with van der Waals surface area (Å²) in [5.74, 6) is -0.180. The lowest BCUT2D eigenvalue weighted by atomic mass is 9.95.